The average Bonchev–Trinajstić information content (AvgIpc) is 3.16. The molecule has 2 heterocycles. The third-order valence-electron chi connectivity index (χ3n) is 4.22. The van der Waals surface area contributed by atoms with E-state index in [4.69, 9.17) is 0 Å². The van der Waals surface area contributed by atoms with E-state index >= 15 is 0 Å². The molecule has 0 saturated carbocycles. The van der Waals surface area contributed by atoms with Crippen LogP contribution < -0.4 is 5.32 Å². The average molecular weight is 315 g/mol. The summed E-state index contributed by atoms with van der Waals surface area (Å²) in [7, 11) is 3.92. The van der Waals surface area contributed by atoms with E-state index in [1.54, 1.807) is 9.58 Å². The Bertz CT molecular complexity index is 681. The number of aromatic nitrogens is 4. The van der Waals surface area contributed by atoms with Crippen molar-refractivity contribution in [1.29, 1.82) is 0 Å². The summed E-state index contributed by atoms with van der Waals surface area (Å²) in [6.07, 6.45) is 1.01. The first-order chi connectivity index (χ1) is 11.0. The summed E-state index contributed by atoms with van der Waals surface area (Å²) >= 11 is 0. The molecule has 0 spiro atoms. The molecule has 122 valence electrons. The Balaban J connectivity index is 1.64. The van der Waals surface area contributed by atoms with Crippen molar-refractivity contribution in [1.82, 2.24) is 30.0 Å². The maximum absolute atomic E-state index is 12.3. The van der Waals surface area contributed by atoms with Gasteiger partial charge in [0.1, 0.15) is 0 Å². The highest BCUT2D eigenvalue weighted by molar-refractivity contribution is 5.89. The molecule has 0 bridgehead atoms. The zero-order chi connectivity index (χ0) is 16.4. The van der Waals surface area contributed by atoms with Crippen LogP contribution in [0.5, 0.6) is 0 Å². The van der Waals surface area contributed by atoms with Gasteiger partial charge in [-0.3, -0.25) is 0 Å². The third kappa shape index (κ3) is 3.31. The SMILES string of the molecule is Cc1nnnn1-c1ccc(NC(=O)N(C)C2CCN(C)C2)cc1. The highest BCUT2D eigenvalue weighted by Crippen LogP contribution is 2.16. The summed E-state index contributed by atoms with van der Waals surface area (Å²) < 4.78 is 1.64. The quantitative estimate of drug-likeness (QED) is 0.919. The van der Waals surface area contributed by atoms with Crippen molar-refractivity contribution in [2.45, 2.75) is 19.4 Å². The lowest BCUT2D eigenvalue weighted by Gasteiger charge is -2.24. The second kappa shape index (κ2) is 6.33. The predicted molar refractivity (Wildman–Crippen MR) is 86.6 cm³/mol. The molecular formula is C15H21N7O. The van der Waals surface area contributed by atoms with Crippen molar-refractivity contribution >= 4 is 11.7 Å². The topological polar surface area (TPSA) is 79.2 Å². The van der Waals surface area contributed by atoms with Crippen molar-refractivity contribution in [3.05, 3.63) is 30.1 Å². The third-order valence-corrected chi connectivity index (χ3v) is 4.22. The molecule has 1 aromatic heterocycles. The van der Waals surface area contributed by atoms with E-state index in [1.807, 2.05) is 38.2 Å². The van der Waals surface area contributed by atoms with E-state index in [0.29, 0.717) is 5.82 Å². The van der Waals surface area contributed by atoms with Gasteiger partial charge in [-0.1, -0.05) is 0 Å². The molecule has 0 radical (unpaired) electrons. The van der Waals surface area contributed by atoms with Crippen LogP contribution >= 0.6 is 0 Å². The van der Waals surface area contributed by atoms with E-state index in [0.717, 1.165) is 30.9 Å². The summed E-state index contributed by atoms with van der Waals surface area (Å²) in [6.45, 7) is 3.78. The molecule has 1 N–H and O–H groups in total. The smallest absolute Gasteiger partial charge is 0.321 e. The number of hydrogen-bond donors (Lipinski definition) is 1. The van der Waals surface area contributed by atoms with Gasteiger partial charge in [0, 0.05) is 25.3 Å². The van der Waals surface area contributed by atoms with Gasteiger partial charge in [-0.2, -0.15) is 4.68 Å². The van der Waals surface area contributed by atoms with Crippen LogP contribution in [0.25, 0.3) is 5.69 Å². The van der Waals surface area contributed by atoms with Crippen molar-refractivity contribution in [2.75, 3.05) is 32.5 Å². The number of amides is 2. The number of likely N-dealkylation sites (tertiary alicyclic amines) is 1. The number of carbonyl (C=O) groups excluding carboxylic acids is 1. The van der Waals surface area contributed by atoms with Crippen LogP contribution in [0.3, 0.4) is 0 Å². The van der Waals surface area contributed by atoms with Crippen LogP contribution in [0.2, 0.25) is 0 Å². The number of carbonyl (C=O) groups is 1. The fourth-order valence-corrected chi connectivity index (χ4v) is 2.76. The van der Waals surface area contributed by atoms with Gasteiger partial charge in [0.15, 0.2) is 5.82 Å². The largest absolute Gasteiger partial charge is 0.323 e. The summed E-state index contributed by atoms with van der Waals surface area (Å²) in [4.78, 5) is 16.3. The van der Waals surface area contributed by atoms with Crippen LogP contribution in [0.1, 0.15) is 12.2 Å². The van der Waals surface area contributed by atoms with Crippen molar-refractivity contribution < 1.29 is 4.79 Å². The number of likely N-dealkylation sites (N-methyl/N-ethyl adjacent to an activating group) is 2. The molecule has 1 fully saturated rings. The Kier molecular flexibility index (Phi) is 4.24. The second-order valence-corrected chi connectivity index (χ2v) is 5.93. The van der Waals surface area contributed by atoms with E-state index in [1.165, 1.54) is 0 Å². The molecule has 8 nitrogen and oxygen atoms in total. The zero-order valence-corrected chi connectivity index (χ0v) is 13.6. The summed E-state index contributed by atoms with van der Waals surface area (Å²) in [5, 5.41) is 14.3. The Hall–Kier alpha value is -2.48. The first-order valence-electron chi connectivity index (χ1n) is 7.62. The lowest BCUT2D eigenvalue weighted by molar-refractivity contribution is 0.204. The van der Waals surface area contributed by atoms with Gasteiger partial charge in [-0.15, -0.1) is 5.10 Å². The van der Waals surface area contributed by atoms with E-state index < -0.39 is 0 Å². The molecule has 0 aliphatic carbocycles. The lowest BCUT2D eigenvalue weighted by atomic mass is 10.2. The van der Waals surface area contributed by atoms with Crippen LogP contribution in [0, 0.1) is 6.92 Å². The van der Waals surface area contributed by atoms with Crippen LogP contribution in [0.15, 0.2) is 24.3 Å². The van der Waals surface area contributed by atoms with E-state index in [2.05, 4.69) is 32.8 Å². The molecule has 1 unspecified atom stereocenters. The number of anilines is 1. The zero-order valence-electron chi connectivity index (χ0n) is 13.6. The van der Waals surface area contributed by atoms with Crippen molar-refractivity contribution in [3.8, 4) is 5.69 Å². The van der Waals surface area contributed by atoms with Gasteiger partial charge in [0.2, 0.25) is 0 Å². The second-order valence-electron chi connectivity index (χ2n) is 5.93. The minimum Gasteiger partial charge on any atom is -0.323 e. The van der Waals surface area contributed by atoms with Crippen molar-refractivity contribution in [2.24, 2.45) is 0 Å². The number of aryl methyl sites for hydroxylation is 1. The first kappa shape index (κ1) is 15.4. The van der Waals surface area contributed by atoms with Gasteiger partial charge in [0.05, 0.1) is 5.69 Å². The summed E-state index contributed by atoms with van der Waals surface area (Å²) in [5.41, 5.74) is 1.61. The van der Waals surface area contributed by atoms with E-state index in [-0.39, 0.29) is 12.1 Å². The standard InChI is InChI=1S/C15H21N7O/c1-11-17-18-19-22(11)13-6-4-12(5-7-13)16-15(23)21(3)14-8-9-20(2)10-14/h4-7,14H,8-10H2,1-3H3,(H,16,23). The minimum absolute atomic E-state index is 0.0864. The lowest BCUT2D eigenvalue weighted by Crippen LogP contribution is -2.41. The number of hydrogen-bond acceptors (Lipinski definition) is 5. The van der Waals surface area contributed by atoms with Gasteiger partial charge in [-0.25, -0.2) is 4.79 Å². The maximum Gasteiger partial charge on any atom is 0.321 e. The molecule has 1 aliphatic rings. The van der Waals surface area contributed by atoms with Crippen molar-refractivity contribution in [3.63, 3.8) is 0 Å². The number of nitrogens with one attached hydrogen (secondary N) is 1. The number of urea groups is 1. The molecular weight excluding hydrogens is 294 g/mol. The fraction of sp³-hybridized carbons (Fsp3) is 0.467. The highest BCUT2D eigenvalue weighted by Gasteiger charge is 2.26. The van der Waals surface area contributed by atoms with E-state index in [9.17, 15) is 4.79 Å². The number of nitrogens with zero attached hydrogens (tertiary/aromatic N) is 6. The number of benzene rings is 1. The van der Waals surface area contributed by atoms with Gasteiger partial charge >= 0.3 is 6.03 Å². The molecule has 2 aromatic rings. The van der Waals surface area contributed by atoms with Gasteiger partial charge < -0.3 is 15.1 Å². The van der Waals surface area contributed by atoms with Gasteiger partial charge in [-0.05, 0) is 61.6 Å². The normalized spacial score (nSPS) is 18.1. The van der Waals surface area contributed by atoms with Crippen LogP contribution in [-0.4, -0.2) is 69.3 Å². The molecule has 8 heteroatoms. The predicted octanol–water partition coefficient (Wildman–Crippen LogP) is 1.14. The molecule has 1 aromatic carbocycles. The molecule has 3 rings (SSSR count). The Labute approximate surface area is 135 Å². The first-order valence-corrected chi connectivity index (χ1v) is 7.62. The molecule has 23 heavy (non-hydrogen) atoms. The minimum atomic E-state index is -0.0864. The van der Waals surface area contributed by atoms with Crippen LogP contribution in [-0.2, 0) is 0 Å². The molecule has 1 atom stereocenters. The Morgan fingerprint density at radius 1 is 1.35 bits per heavy atom. The summed E-state index contributed by atoms with van der Waals surface area (Å²) in [5.74, 6) is 0.715. The van der Waals surface area contributed by atoms with Crippen LogP contribution in [0.4, 0.5) is 10.5 Å². The van der Waals surface area contributed by atoms with Gasteiger partial charge in [0.25, 0.3) is 0 Å². The number of rotatable bonds is 3. The maximum atomic E-state index is 12.3. The molecule has 1 saturated heterocycles. The fourth-order valence-electron chi connectivity index (χ4n) is 2.76. The Morgan fingerprint density at radius 2 is 2.09 bits per heavy atom. The summed E-state index contributed by atoms with van der Waals surface area (Å²) in [6, 6.07) is 7.64. The molecule has 2 amide bonds. The highest BCUT2D eigenvalue weighted by atomic mass is 16.2. The number of tetrazole rings is 1. The Morgan fingerprint density at radius 3 is 2.65 bits per heavy atom. The molecule has 1 aliphatic heterocycles. The monoisotopic (exact) mass is 315 g/mol.